The summed E-state index contributed by atoms with van der Waals surface area (Å²) in [5, 5.41) is 9.27. The van der Waals surface area contributed by atoms with Gasteiger partial charge in [0.25, 0.3) is 0 Å². The average molecular weight is 329 g/mol. The Labute approximate surface area is 122 Å². The second-order valence-electron chi connectivity index (χ2n) is 4.99. The lowest BCUT2D eigenvalue weighted by atomic mass is 10.0. The number of benzene rings is 1. The smallest absolute Gasteiger partial charge is 0.0933 e. The van der Waals surface area contributed by atoms with Crippen LogP contribution in [0.5, 0.6) is 0 Å². The van der Waals surface area contributed by atoms with E-state index in [1.54, 1.807) is 0 Å². The number of hydrogen-bond donors (Lipinski definition) is 2. The van der Waals surface area contributed by atoms with Crippen LogP contribution in [0.2, 0.25) is 0 Å². The highest BCUT2D eigenvalue weighted by Crippen LogP contribution is 2.26. The van der Waals surface area contributed by atoms with E-state index in [-0.39, 0.29) is 18.8 Å². The minimum absolute atomic E-state index is 0.0564. The van der Waals surface area contributed by atoms with Crippen molar-refractivity contribution in [1.29, 1.82) is 0 Å². The van der Waals surface area contributed by atoms with E-state index in [9.17, 15) is 5.11 Å². The first-order valence-corrected chi connectivity index (χ1v) is 7.38. The summed E-state index contributed by atoms with van der Waals surface area (Å²) in [4.78, 5) is 2.33. The molecule has 5 heteroatoms. The van der Waals surface area contributed by atoms with Gasteiger partial charge in [-0.2, -0.15) is 0 Å². The summed E-state index contributed by atoms with van der Waals surface area (Å²) in [6.07, 6.45) is -0.110. The molecule has 19 heavy (non-hydrogen) atoms. The highest BCUT2D eigenvalue weighted by atomic mass is 79.9. The Bertz CT molecular complexity index is 399. The van der Waals surface area contributed by atoms with Crippen molar-refractivity contribution in [2.24, 2.45) is 5.73 Å². The molecule has 1 aliphatic heterocycles. The van der Waals surface area contributed by atoms with E-state index >= 15 is 0 Å². The van der Waals surface area contributed by atoms with Gasteiger partial charge in [-0.05, 0) is 24.6 Å². The number of ether oxygens (including phenoxy) is 1. The van der Waals surface area contributed by atoms with E-state index in [1.807, 2.05) is 12.1 Å². The lowest BCUT2D eigenvalue weighted by Crippen LogP contribution is -2.52. The minimum Gasteiger partial charge on any atom is -0.394 e. The molecule has 0 spiro atoms. The Kier molecular flexibility index (Phi) is 5.36. The van der Waals surface area contributed by atoms with Crippen LogP contribution in [0.3, 0.4) is 0 Å². The first kappa shape index (κ1) is 14.9. The molecule has 0 aromatic heterocycles. The molecule has 1 fully saturated rings. The number of rotatable bonds is 4. The van der Waals surface area contributed by atoms with Crippen molar-refractivity contribution < 1.29 is 9.84 Å². The van der Waals surface area contributed by atoms with Crippen molar-refractivity contribution in [1.82, 2.24) is 4.90 Å². The quantitative estimate of drug-likeness (QED) is 0.880. The van der Waals surface area contributed by atoms with Gasteiger partial charge in [0.05, 0.1) is 19.3 Å². The lowest BCUT2D eigenvalue weighted by molar-refractivity contribution is -0.0907. The zero-order chi connectivity index (χ0) is 13.8. The fraction of sp³-hybridized carbons (Fsp3) is 0.571. The molecule has 1 aromatic rings. The van der Waals surface area contributed by atoms with Crippen molar-refractivity contribution >= 4 is 15.9 Å². The van der Waals surface area contributed by atoms with Crippen molar-refractivity contribution in [3.05, 3.63) is 34.3 Å². The number of aliphatic hydroxyl groups excluding tert-OH is 1. The normalized spacial score (nSPS) is 26.3. The van der Waals surface area contributed by atoms with Crippen LogP contribution in [0.25, 0.3) is 0 Å². The molecule has 106 valence electrons. The predicted octanol–water partition coefficient (Wildman–Crippen LogP) is 1.53. The average Bonchev–Trinajstić information content (AvgIpc) is 2.43. The molecule has 1 saturated heterocycles. The van der Waals surface area contributed by atoms with E-state index in [2.05, 4.69) is 39.9 Å². The number of nitrogens with zero attached hydrogens (tertiary/aromatic N) is 1. The van der Waals surface area contributed by atoms with Gasteiger partial charge in [0.15, 0.2) is 0 Å². The van der Waals surface area contributed by atoms with Gasteiger partial charge in [-0.3, -0.25) is 4.90 Å². The third kappa shape index (κ3) is 3.55. The molecule has 0 radical (unpaired) electrons. The third-order valence-electron chi connectivity index (χ3n) is 3.64. The number of aliphatic hydroxyl groups is 1. The summed E-state index contributed by atoms with van der Waals surface area (Å²) in [6, 6.07) is 8.73. The summed E-state index contributed by atoms with van der Waals surface area (Å²) < 4.78 is 6.64. The van der Waals surface area contributed by atoms with Gasteiger partial charge in [0.2, 0.25) is 0 Å². The van der Waals surface area contributed by atoms with Gasteiger partial charge in [-0.15, -0.1) is 0 Å². The first-order valence-electron chi connectivity index (χ1n) is 6.59. The number of hydrogen-bond acceptors (Lipinski definition) is 4. The Hall–Kier alpha value is -0.460. The second kappa shape index (κ2) is 6.81. The summed E-state index contributed by atoms with van der Waals surface area (Å²) >= 11 is 3.45. The summed E-state index contributed by atoms with van der Waals surface area (Å²) in [6.45, 7) is 4.11. The molecule has 0 aliphatic carbocycles. The molecule has 1 aromatic carbocycles. The molecule has 1 aliphatic rings. The predicted molar refractivity (Wildman–Crippen MR) is 78.9 cm³/mol. The Morgan fingerprint density at radius 2 is 2.16 bits per heavy atom. The minimum atomic E-state index is -0.110. The van der Waals surface area contributed by atoms with Crippen LogP contribution in [0.1, 0.15) is 18.5 Å². The van der Waals surface area contributed by atoms with Gasteiger partial charge in [-0.25, -0.2) is 0 Å². The monoisotopic (exact) mass is 328 g/mol. The molecule has 3 unspecified atom stereocenters. The number of nitrogens with two attached hydrogens (primary N) is 1. The first-order chi connectivity index (χ1) is 9.15. The SMILES string of the molecule is CC1COC(CO)CN1C(CN)c1ccc(Br)cc1. The molecular weight excluding hydrogens is 308 g/mol. The summed E-state index contributed by atoms with van der Waals surface area (Å²) in [7, 11) is 0. The van der Waals surface area contributed by atoms with Crippen LogP contribution in [-0.4, -0.2) is 48.5 Å². The van der Waals surface area contributed by atoms with Gasteiger partial charge in [-0.1, -0.05) is 28.1 Å². The third-order valence-corrected chi connectivity index (χ3v) is 4.16. The molecule has 0 bridgehead atoms. The van der Waals surface area contributed by atoms with E-state index in [4.69, 9.17) is 10.5 Å². The van der Waals surface area contributed by atoms with Crippen LogP contribution in [0.15, 0.2) is 28.7 Å². The second-order valence-corrected chi connectivity index (χ2v) is 5.90. The van der Waals surface area contributed by atoms with E-state index in [0.29, 0.717) is 19.2 Å². The number of halogens is 1. The highest BCUT2D eigenvalue weighted by molar-refractivity contribution is 9.10. The fourth-order valence-electron chi connectivity index (χ4n) is 2.53. The molecule has 3 N–H and O–H groups in total. The standard InChI is InChI=1S/C14H21BrN2O2/c1-10-9-19-13(8-18)7-17(10)14(6-16)11-2-4-12(15)5-3-11/h2-5,10,13-14,18H,6-9,16H2,1H3. The number of morpholine rings is 1. The zero-order valence-electron chi connectivity index (χ0n) is 11.1. The van der Waals surface area contributed by atoms with Gasteiger partial charge in [0.1, 0.15) is 0 Å². The molecular formula is C14H21BrN2O2. The lowest BCUT2D eigenvalue weighted by Gasteiger charge is -2.42. The Morgan fingerprint density at radius 1 is 1.47 bits per heavy atom. The van der Waals surface area contributed by atoms with Crippen LogP contribution in [-0.2, 0) is 4.74 Å². The van der Waals surface area contributed by atoms with Gasteiger partial charge >= 0.3 is 0 Å². The summed E-state index contributed by atoms with van der Waals surface area (Å²) in [5.74, 6) is 0. The van der Waals surface area contributed by atoms with E-state index in [1.165, 1.54) is 5.56 Å². The highest BCUT2D eigenvalue weighted by Gasteiger charge is 2.31. The molecule has 2 rings (SSSR count). The van der Waals surface area contributed by atoms with Crippen molar-refractivity contribution in [3.63, 3.8) is 0 Å². The van der Waals surface area contributed by atoms with E-state index in [0.717, 1.165) is 11.0 Å². The topological polar surface area (TPSA) is 58.7 Å². The maximum Gasteiger partial charge on any atom is 0.0933 e. The van der Waals surface area contributed by atoms with E-state index < -0.39 is 0 Å². The van der Waals surface area contributed by atoms with Gasteiger partial charge in [0, 0.05) is 29.6 Å². The van der Waals surface area contributed by atoms with Gasteiger partial charge < -0.3 is 15.6 Å². The molecule has 3 atom stereocenters. The van der Waals surface area contributed by atoms with Crippen LogP contribution >= 0.6 is 15.9 Å². The molecule has 1 heterocycles. The zero-order valence-corrected chi connectivity index (χ0v) is 12.7. The molecule has 0 amide bonds. The maximum absolute atomic E-state index is 9.27. The van der Waals surface area contributed by atoms with Crippen molar-refractivity contribution in [2.75, 3.05) is 26.3 Å². The van der Waals surface area contributed by atoms with Crippen LogP contribution < -0.4 is 5.73 Å². The molecule has 0 saturated carbocycles. The molecule has 4 nitrogen and oxygen atoms in total. The van der Waals surface area contributed by atoms with Crippen LogP contribution in [0.4, 0.5) is 0 Å². The van der Waals surface area contributed by atoms with Crippen molar-refractivity contribution in [3.8, 4) is 0 Å². The maximum atomic E-state index is 9.27. The van der Waals surface area contributed by atoms with Crippen molar-refractivity contribution in [2.45, 2.75) is 25.1 Å². The van der Waals surface area contributed by atoms with Crippen LogP contribution in [0, 0.1) is 0 Å². The Morgan fingerprint density at radius 3 is 2.74 bits per heavy atom. The Balaban J connectivity index is 2.17. The largest absolute Gasteiger partial charge is 0.394 e. The fourth-order valence-corrected chi connectivity index (χ4v) is 2.80. The summed E-state index contributed by atoms with van der Waals surface area (Å²) in [5.41, 5.74) is 7.17.